The van der Waals surface area contributed by atoms with Crippen LogP contribution in [0.25, 0.3) is 0 Å². The highest BCUT2D eigenvalue weighted by molar-refractivity contribution is 6.14. The molecular formula is C26H34N6O4. The fraction of sp³-hybridized carbons (Fsp3) is 0.423. The number of aromatic nitrogens is 2. The molecule has 2 aromatic rings. The Balaban J connectivity index is 1.76. The molecule has 1 aromatic carbocycles. The summed E-state index contributed by atoms with van der Waals surface area (Å²) in [4.78, 5) is 37.4. The molecule has 0 saturated heterocycles. The molecule has 1 amide bonds. The highest BCUT2D eigenvalue weighted by Crippen LogP contribution is 2.31. The van der Waals surface area contributed by atoms with Gasteiger partial charge in [-0.2, -0.15) is 4.98 Å². The van der Waals surface area contributed by atoms with E-state index in [0.717, 1.165) is 18.4 Å². The van der Waals surface area contributed by atoms with Crippen molar-refractivity contribution in [1.29, 1.82) is 0 Å². The van der Waals surface area contributed by atoms with Crippen LogP contribution in [-0.2, 0) is 9.59 Å². The maximum Gasteiger partial charge on any atom is 0.307 e. The molecule has 0 bridgehead atoms. The van der Waals surface area contributed by atoms with E-state index in [4.69, 9.17) is 10.5 Å². The molecule has 2 unspecified atom stereocenters. The molecular weight excluding hydrogens is 460 g/mol. The molecule has 3 rings (SSSR count). The van der Waals surface area contributed by atoms with Crippen molar-refractivity contribution in [2.24, 2.45) is 22.6 Å². The molecule has 192 valence electrons. The molecule has 1 saturated carbocycles. The quantitative estimate of drug-likeness (QED) is 0.384. The summed E-state index contributed by atoms with van der Waals surface area (Å²) in [5, 5.41) is 15.5. The third kappa shape index (κ3) is 6.80. The number of nitrogens with two attached hydrogens (primary N) is 1. The van der Waals surface area contributed by atoms with Crippen LogP contribution in [0.4, 0.5) is 11.5 Å². The summed E-state index contributed by atoms with van der Waals surface area (Å²) in [5.41, 5.74) is 9.21. The van der Waals surface area contributed by atoms with Crippen molar-refractivity contribution in [3.63, 3.8) is 0 Å². The zero-order valence-corrected chi connectivity index (χ0v) is 21.1. The summed E-state index contributed by atoms with van der Waals surface area (Å²) < 4.78 is 5.62. The summed E-state index contributed by atoms with van der Waals surface area (Å²) in [7, 11) is 1.66. The van der Waals surface area contributed by atoms with Gasteiger partial charge in [-0.1, -0.05) is 25.0 Å². The third-order valence-electron chi connectivity index (χ3n) is 5.92. The summed E-state index contributed by atoms with van der Waals surface area (Å²) in [6.07, 6.45) is 5.86. The van der Waals surface area contributed by atoms with Crippen LogP contribution in [-0.4, -0.2) is 45.8 Å². The number of anilines is 2. The minimum atomic E-state index is -0.913. The van der Waals surface area contributed by atoms with E-state index in [1.165, 1.54) is 6.20 Å². The van der Waals surface area contributed by atoms with Gasteiger partial charge < -0.3 is 26.2 Å². The van der Waals surface area contributed by atoms with E-state index in [0.29, 0.717) is 47.3 Å². The molecule has 36 heavy (non-hydrogen) atoms. The predicted octanol–water partition coefficient (Wildman–Crippen LogP) is 3.81. The number of carbonyl (C=O) groups excluding carboxylic acids is 1. The molecule has 1 aliphatic carbocycles. The van der Waals surface area contributed by atoms with Crippen LogP contribution in [0.2, 0.25) is 0 Å². The van der Waals surface area contributed by atoms with Crippen molar-refractivity contribution in [3.05, 3.63) is 53.6 Å². The van der Waals surface area contributed by atoms with Gasteiger partial charge >= 0.3 is 5.97 Å². The number of allylic oxidation sites excluding steroid dienone is 2. The normalized spacial score (nSPS) is 18.9. The fourth-order valence-electron chi connectivity index (χ4n) is 4.25. The Kier molecular flexibility index (Phi) is 8.99. The SMILES string of the molecule is CN=C(/C(Nc1cncc(OC(C)C)n1)=C(/C)N)c1ccc(NC(=O)C2CCCCC2C(=O)O)cc1. The second kappa shape index (κ2) is 12.1. The van der Waals surface area contributed by atoms with Crippen LogP contribution >= 0.6 is 0 Å². The van der Waals surface area contributed by atoms with Crippen molar-refractivity contribution in [2.75, 3.05) is 17.7 Å². The summed E-state index contributed by atoms with van der Waals surface area (Å²) >= 11 is 0. The molecule has 10 heteroatoms. The number of carbonyl (C=O) groups is 2. The maximum atomic E-state index is 12.8. The first-order valence-electron chi connectivity index (χ1n) is 12.0. The Morgan fingerprint density at radius 3 is 2.36 bits per heavy atom. The number of benzene rings is 1. The van der Waals surface area contributed by atoms with E-state index in [1.807, 2.05) is 26.0 Å². The molecule has 0 spiro atoms. The minimum absolute atomic E-state index is 0.0410. The molecule has 2 atom stereocenters. The lowest BCUT2D eigenvalue weighted by Crippen LogP contribution is -2.36. The van der Waals surface area contributed by atoms with Gasteiger partial charge in [0.1, 0.15) is 0 Å². The lowest BCUT2D eigenvalue weighted by molar-refractivity contribution is -0.147. The van der Waals surface area contributed by atoms with E-state index in [-0.39, 0.29) is 12.0 Å². The highest BCUT2D eigenvalue weighted by atomic mass is 16.5. The number of ether oxygens (including phenoxy) is 1. The van der Waals surface area contributed by atoms with E-state index in [2.05, 4.69) is 25.6 Å². The van der Waals surface area contributed by atoms with Crippen molar-refractivity contribution >= 4 is 29.1 Å². The van der Waals surface area contributed by atoms with Crippen molar-refractivity contribution in [3.8, 4) is 5.88 Å². The Morgan fingerprint density at radius 1 is 1.11 bits per heavy atom. The molecule has 0 aliphatic heterocycles. The number of aliphatic imine (C=N–C) groups is 1. The monoisotopic (exact) mass is 494 g/mol. The van der Waals surface area contributed by atoms with Gasteiger partial charge in [-0.05, 0) is 45.7 Å². The number of amides is 1. The third-order valence-corrected chi connectivity index (χ3v) is 5.92. The van der Waals surface area contributed by atoms with Gasteiger partial charge in [-0.3, -0.25) is 19.6 Å². The van der Waals surface area contributed by atoms with Crippen LogP contribution in [0.5, 0.6) is 5.88 Å². The van der Waals surface area contributed by atoms with Gasteiger partial charge in [0, 0.05) is 24.0 Å². The van der Waals surface area contributed by atoms with Crippen LogP contribution in [0.1, 0.15) is 52.0 Å². The van der Waals surface area contributed by atoms with Gasteiger partial charge in [-0.25, -0.2) is 0 Å². The van der Waals surface area contributed by atoms with Crippen LogP contribution in [0, 0.1) is 11.8 Å². The number of rotatable bonds is 9. The van der Waals surface area contributed by atoms with Gasteiger partial charge in [0.2, 0.25) is 11.8 Å². The van der Waals surface area contributed by atoms with E-state index < -0.39 is 17.8 Å². The zero-order valence-electron chi connectivity index (χ0n) is 21.1. The minimum Gasteiger partial charge on any atom is -0.481 e. The summed E-state index contributed by atoms with van der Waals surface area (Å²) in [6.45, 7) is 5.57. The standard InChI is InChI=1S/C26H34N6O4/c1-15(2)36-22-14-29-13-21(31-22)32-23(16(3)27)24(28-4)17-9-11-18(12-10-17)30-25(33)19-7-5-6-8-20(19)26(34)35/h9-15,19-20H,5-8,27H2,1-4H3,(H,30,33)(H,31,32)(H,34,35)/b23-16+,28-24?. The molecule has 1 aliphatic rings. The first-order chi connectivity index (χ1) is 17.2. The van der Waals surface area contributed by atoms with Crippen LogP contribution in [0.3, 0.4) is 0 Å². The average molecular weight is 495 g/mol. The Morgan fingerprint density at radius 2 is 1.78 bits per heavy atom. The van der Waals surface area contributed by atoms with Gasteiger partial charge in [0.25, 0.3) is 0 Å². The van der Waals surface area contributed by atoms with Crippen molar-refractivity contribution in [1.82, 2.24) is 9.97 Å². The lowest BCUT2D eigenvalue weighted by atomic mass is 9.78. The number of carboxylic acids is 1. The van der Waals surface area contributed by atoms with Gasteiger partial charge in [-0.15, -0.1) is 0 Å². The number of carboxylic acid groups (broad SMARTS) is 1. The second-order valence-corrected chi connectivity index (χ2v) is 9.07. The number of nitrogens with zero attached hydrogens (tertiary/aromatic N) is 3. The molecule has 1 heterocycles. The van der Waals surface area contributed by atoms with Crippen molar-refractivity contribution in [2.45, 2.75) is 52.6 Å². The lowest BCUT2D eigenvalue weighted by Gasteiger charge is -2.27. The van der Waals surface area contributed by atoms with Crippen molar-refractivity contribution < 1.29 is 19.4 Å². The first kappa shape index (κ1) is 26.7. The van der Waals surface area contributed by atoms with Crippen LogP contribution < -0.4 is 21.1 Å². The average Bonchev–Trinajstić information content (AvgIpc) is 2.84. The van der Waals surface area contributed by atoms with E-state index >= 15 is 0 Å². The summed E-state index contributed by atoms with van der Waals surface area (Å²) in [6, 6.07) is 7.17. The van der Waals surface area contributed by atoms with E-state index in [1.54, 1.807) is 32.3 Å². The topological polar surface area (TPSA) is 152 Å². The molecule has 10 nitrogen and oxygen atoms in total. The smallest absolute Gasteiger partial charge is 0.307 e. The number of nitrogens with one attached hydrogen (secondary N) is 2. The molecule has 1 aromatic heterocycles. The highest BCUT2D eigenvalue weighted by Gasteiger charge is 2.35. The Bertz CT molecular complexity index is 1140. The fourth-order valence-corrected chi connectivity index (χ4v) is 4.25. The molecule has 5 N–H and O–H groups in total. The number of hydrogen-bond donors (Lipinski definition) is 4. The molecule has 1 fully saturated rings. The molecule has 0 radical (unpaired) electrons. The number of hydrogen-bond acceptors (Lipinski definition) is 8. The predicted molar refractivity (Wildman–Crippen MR) is 139 cm³/mol. The summed E-state index contributed by atoms with van der Waals surface area (Å²) in [5.74, 6) is -1.50. The largest absolute Gasteiger partial charge is 0.481 e. The first-order valence-corrected chi connectivity index (χ1v) is 12.0. The Hall–Kier alpha value is -3.95. The van der Waals surface area contributed by atoms with Gasteiger partial charge in [0.05, 0.1) is 41.7 Å². The maximum absolute atomic E-state index is 12.8. The van der Waals surface area contributed by atoms with E-state index in [9.17, 15) is 14.7 Å². The van der Waals surface area contributed by atoms with Crippen LogP contribution in [0.15, 0.2) is 53.0 Å². The Labute approximate surface area is 211 Å². The zero-order chi connectivity index (χ0) is 26.2. The number of aliphatic carboxylic acids is 1. The van der Waals surface area contributed by atoms with Gasteiger partial charge in [0.15, 0.2) is 5.82 Å². The second-order valence-electron chi connectivity index (χ2n) is 9.07.